The van der Waals surface area contributed by atoms with Crippen LogP contribution in [0.25, 0.3) is 0 Å². The number of nitro groups is 1. The van der Waals surface area contributed by atoms with Gasteiger partial charge in [0, 0.05) is 18.6 Å². The van der Waals surface area contributed by atoms with Crippen molar-refractivity contribution in [3.8, 4) is 0 Å². The summed E-state index contributed by atoms with van der Waals surface area (Å²) in [5, 5.41) is 11.9. The largest absolute Gasteiger partial charge is 0.365 e. The van der Waals surface area contributed by atoms with Crippen LogP contribution in [0.2, 0.25) is 5.02 Å². The molecule has 0 saturated heterocycles. The summed E-state index contributed by atoms with van der Waals surface area (Å²) in [7, 11) is 1.77. The standard InChI is InChI=1S/C14H15ClN4O2/c1-18(9-10-5-2-3-6-11(10)15)13-8-4-7-12(17-16)14(13)19(20)21/h2-8,17H,9,16H2,1H3. The Labute approximate surface area is 127 Å². The van der Waals surface area contributed by atoms with Crippen LogP contribution < -0.4 is 16.2 Å². The van der Waals surface area contributed by atoms with E-state index >= 15 is 0 Å². The third kappa shape index (κ3) is 3.24. The predicted octanol–water partition coefficient (Wildman–Crippen LogP) is 3.17. The van der Waals surface area contributed by atoms with Crippen LogP contribution in [-0.4, -0.2) is 12.0 Å². The number of hydrogen-bond acceptors (Lipinski definition) is 5. The number of nitro benzene ring substituents is 1. The average molecular weight is 307 g/mol. The highest BCUT2D eigenvalue weighted by Crippen LogP contribution is 2.35. The summed E-state index contributed by atoms with van der Waals surface area (Å²) in [6.07, 6.45) is 0. The number of nitrogens with one attached hydrogen (secondary N) is 1. The molecule has 0 fully saturated rings. The SMILES string of the molecule is CN(Cc1ccccc1Cl)c1cccc(NN)c1[N+](=O)[O-]. The number of nitrogens with two attached hydrogens (primary N) is 1. The van der Waals surface area contributed by atoms with E-state index in [9.17, 15) is 10.1 Å². The molecule has 0 saturated carbocycles. The van der Waals surface area contributed by atoms with Crippen LogP contribution >= 0.6 is 11.6 Å². The van der Waals surface area contributed by atoms with Gasteiger partial charge in [0.05, 0.1) is 4.92 Å². The van der Waals surface area contributed by atoms with Gasteiger partial charge in [-0.2, -0.15) is 0 Å². The molecular weight excluding hydrogens is 292 g/mol. The van der Waals surface area contributed by atoms with Crippen LogP contribution in [0.15, 0.2) is 42.5 Å². The molecule has 0 aliphatic heterocycles. The molecule has 0 unspecified atom stereocenters. The molecule has 6 nitrogen and oxygen atoms in total. The van der Waals surface area contributed by atoms with Crippen LogP contribution in [0.3, 0.4) is 0 Å². The smallest absolute Gasteiger partial charge is 0.316 e. The summed E-state index contributed by atoms with van der Waals surface area (Å²) in [4.78, 5) is 12.6. The Morgan fingerprint density at radius 1 is 1.29 bits per heavy atom. The molecule has 2 aromatic rings. The number of hydrazine groups is 1. The van der Waals surface area contributed by atoms with Gasteiger partial charge in [0.15, 0.2) is 0 Å². The van der Waals surface area contributed by atoms with E-state index < -0.39 is 4.92 Å². The van der Waals surface area contributed by atoms with Crippen molar-refractivity contribution in [1.29, 1.82) is 0 Å². The summed E-state index contributed by atoms with van der Waals surface area (Å²) < 4.78 is 0. The van der Waals surface area contributed by atoms with Crippen LogP contribution in [0.4, 0.5) is 17.1 Å². The molecule has 0 radical (unpaired) electrons. The lowest BCUT2D eigenvalue weighted by molar-refractivity contribution is -0.383. The minimum Gasteiger partial charge on any atom is -0.365 e. The normalized spacial score (nSPS) is 10.2. The van der Waals surface area contributed by atoms with Crippen molar-refractivity contribution in [2.75, 3.05) is 17.4 Å². The summed E-state index contributed by atoms with van der Waals surface area (Å²) in [5.41, 5.74) is 3.92. The quantitative estimate of drug-likeness (QED) is 0.503. The molecule has 0 amide bonds. The zero-order chi connectivity index (χ0) is 15.4. The Hall–Kier alpha value is -2.31. The number of nitrogens with zero attached hydrogens (tertiary/aromatic N) is 2. The van der Waals surface area contributed by atoms with Crippen molar-refractivity contribution >= 4 is 28.7 Å². The second-order valence-corrected chi connectivity index (χ2v) is 4.93. The maximum Gasteiger partial charge on any atom is 0.316 e. The fraction of sp³-hybridized carbons (Fsp3) is 0.143. The first-order valence-electron chi connectivity index (χ1n) is 6.23. The van der Waals surface area contributed by atoms with Gasteiger partial charge in [0.2, 0.25) is 0 Å². The summed E-state index contributed by atoms with van der Waals surface area (Å²) in [6.45, 7) is 0.453. The van der Waals surface area contributed by atoms with Gasteiger partial charge in [-0.05, 0) is 23.8 Å². The Morgan fingerprint density at radius 2 is 2.00 bits per heavy atom. The van der Waals surface area contributed by atoms with Crippen LogP contribution in [0, 0.1) is 10.1 Å². The molecule has 0 aliphatic carbocycles. The summed E-state index contributed by atoms with van der Waals surface area (Å²) >= 11 is 6.12. The average Bonchev–Trinajstić information content (AvgIpc) is 2.48. The van der Waals surface area contributed by atoms with Gasteiger partial charge in [-0.1, -0.05) is 35.9 Å². The number of nitrogen functional groups attached to an aromatic ring is 1. The van der Waals surface area contributed by atoms with Gasteiger partial charge < -0.3 is 10.3 Å². The lowest BCUT2D eigenvalue weighted by Gasteiger charge is -2.20. The third-order valence-corrected chi connectivity index (χ3v) is 3.50. The van der Waals surface area contributed by atoms with Gasteiger partial charge in [-0.3, -0.25) is 16.0 Å². The highest BCUT2D eigenvalue weighted by Gasteiger charge is 2.22. The van der Waals surface area contributed by atoms with Crippen molar-refractivity contribution < 1.29 is 4.92 Å². The number of halogens is 1. The number of para-hydroxylation sites is 1. The van der Waals surface area contributed by atoms with E-state index in [0.717, 1.165) is 5.56 Å². The minimum absolute atomic E-state index is 0.0606. The van der Waals surface area contributed by atoms with Gasteiger partial charge in [0.25, 0.3) is 0 Å². The van der Waals surface area contributed by atoms with E-state index in [1.807, 2.05) is 18.2 Å². The zero-order valence-corrected chi connectivity index (χ0v) is 12.2. The molecule has 0 bridgehead atoms. The third-order valence-electron chi connectivity index (χ3n) is 3.13. The molecule has 0 aliphatic rings. The van der Waals surface area contributed by atoms with E-state index in [-0.39, 0.29) is 11.4 Å². The Morgan fingerprint density at radius 3 is 2.62 bits per heavy atom. The number of rotatable bonds is 5. The van der Waals surface area contributed by atoms with Gasteiger partial charge in [0.1, 0.15) is 11.4 Å². The molecule has 0 heterocycles. The maximum absolute atomic E-state index is 11.3. The van der Waals surface area contributed by atoms with E-state index in [1.54, 1.807) is 36.2 Å². The molecule has 2 aromatic carbocycles. The first-order chi connectivity index (χ1) is 10.0. The topological polar surface area (TPSA) is 84.4 Å². The van der Waals surface area contributed by atoms with Gasteiger partial charge in [-0.15, -0.1) is 0 Å². The molecule has 0 aromatic heterocycles. The van der Waals surface area contributed by atoms with Crippen molar-refractivity contribution in [2.24, 2.45) is 5.84 Å². The second kappa shape index (κ2) is 6.43. The van der Waals surface area contributed by atoms with Crippen LogP contribution in [0.1, 0.15) is 5.56 Å². The first kappa shape index (κ1) is 15.1. The first-order valence-corrected chi connectivity index (χ1v) is 6.61. The number of benzene rings is 2. The van der Waals surface area contributed by atoms with Crippen LogP contribution in [-0.2, 0) is 6.54 Å². The Bertz CT molecular complexity index is 663. The minimum atomic E-state index is -0.451. The fourth-order valence-electron chi connectivity index (χ4n) is 2.12. The highest BCUT2D eigenvalue weighted by atomic mass is 35.5. The molecule has 0 spiro atoms. The van der Waals surface area contributed by atoms with E-state index in [2.05, 4.69) is 5.43 Å². The molecule has 3 N–H and O–H groups in total. The number of hydrogen-bond donors (Lipinski definition) is 2. The van der Waals surface area contributed by atoms with Gasteiger partial charge in [-0.25, -0.2) is 0 Å². The monoisotopic (exact) mass is 306 g/mol. The summed E-state index contributed by atoms with van der Waals surface area (Å²) in [5.74, 6) is 5.34. The molecule has 21 heavy (non-hydrogen) atoms. The van der Waals surface area contributed by atoms with Gasteiger partial charge >= 0.3 is 5.69 Å². The zero-order valence-electron chi connectivity index (χ0n) is 11.4. The molecular formula is C14H15ClN4O2. The fourth-order valence-corrected chi connectivity index (χ4v) is 2.31. The van der Waals surface area contributed by atoms with E-state index in [1.165, 1.54) is 0 Å². The lowest BCUT2D eigenvalue weighted by Crippen LogP contribution is -2.19. The molecule has 0 atom stereocenters. The highest BCUT2D eigenvalue weighted by molar-refractivity contribution is 6.31. The number of anilines is 2. The van der Waals surface area contributed by atoms with Crippen molar-refractivity contribution in [3.63, 3.8) is 0 Å². The van der Waals surface area contributed by atoms with E-state index in [4.69, 9.17) is 17.4 Å². The van der Waals surface area contributed by atoms with E-state index in [0.29, 0.717) is 17.3 Å². The lowest BCUT2D eigenvalue weighted by atomic mass is 10.1. The predicted molar refractivity (Wildman–Crippen MR) is 84.5 cm³/mol. The van der Waals surface area contributed by atoms with Crippen LogP contribution in [0.5, 0.6) is 0 Å². The molecule has 2 rings (SSSR count). The molecule has 7 heteroatoms. The molecule has 110 valence electrons. The van der Waals surface area contributed by atoms with Crippen molar-refractivity contribution in [1.82, 2.24) is 0 Å². The Kier molecular flexibility index (Phi) is 4.62. The summed E-state index contributed by atoms with van der Waals surface area (Å²) in [6, 6.07) is 12.3. The van der Waals surface area contributed by atoms with Crippen molar-refractivity contribution in [2.45, 2.75) is 6.54 Å². The Balaban J connectivity index is 2.37. The van der Waals surface area contributed by atoms with Crippen molar-refractivity contribution in [3.05, 3.63) is 63.2 Å². The second-order valence-electron chi connectivity index (χ2n) is 4.52. The maximum atomic E-state index is 11.3.